The van der Waals surface area contributed by atoms with Crippen LogP contribution in [0, 0.1) is 5.82 Å². The molecule has 27 heavy (non-hydrogen) atoms. The predicted octanol–water partition coefficient (Wildman–Crippen LogP) is 2.29. The van der Waals surface area contributed by atoms with Crippen molar-refractivity contribution in [2.75, 3.05) is 13.2 Å². The van der Waals surface area contributed by atoms with Crippen LogP contribution in [0.1, 0.15) is 25.8 Å². The third-order valence-electron chi connectivity index (χ3n) is 3.81. The fraction of sp³-hybridized carbons (Fsp3) is 0.316. The first-order chi connectivity index (χ1) is 13.0. The van der Waals surface area contributed by atoms with Crippen LogP contribution in [0.15, 0.2) is 41.6 Å². The lowest BCUT2D eigenvalue weighted by Crippen LogP contribution is -2.51. The van der Waals surface area contributed by atoms with Crippen molar-refractivity contribution in [2.45, 2.75) is 26.3 Å². The second-order valence-electron chi connectivity index (χ2n) is 5.63. The minimum Gasteiger partial charge on any atom is -0.463 e. The van der Waals surface area contributed by atoms with E-state index in [1.807, 2.05) is 0 Å². The summed E-state index contributed by atoms with van der Waals surface area (Å²) in [6, 6.07) is 4.93. The van der Waals surface area contributed by atoms with Crippen LogP contribution in [0.3, 0.4) is 0 Å². The van der Waals surface area contributed by atoms with Crippen LogP contribution in [0.4, 0.5) is 9.18 Å². The SMILES string of the molecule is CCOC(=O)C1=C(COC(=O)/C=C/c2ccccc2F)NC(=O)N[C@H]1CC. The molecule has 0 bridgehead atoms. The van der Waals surface area contributed by atoms with Crippen LogP contribution in [-0.4, -0.2) is 37.2 Å². The molecule has 1 aromatic rings. The van der Waals surface area contributed by atoms with Gasteiger partial charge in [0.05, 0.1) is 23.9 Å². The lowest BCUT2D eigenvalue weighted by atomic mass is 10.0. The minimum absolute atomic E-state index is 0.164. The van der Waals surface area contributed by atoms with Gasteiger partial charge < -0.3 is 20.1 Å². The molecule has 0 spiro atoms. The lowest BCUT2D eigenvalue weighted by molar-refractivity contribution is -0.140. The summed E-state index contributed by atoms with van der Waals surface area (Å²) in [6.45, 7) is 3.32. The van der Waals surface area contributed by atoms with Crippen molar-refractivity contribution in [3.8, 4) is 0 Å². The van der Waals surface area contributed by atoms with E-state index >= 15 is 0 Å². The number of hydrogen-bond acceptors (Lipinski definition) is 5. The zero-order chi connectivity index (χ0) is 19.8. The van der Waals surface area contributed by atoms with Crippen molar-refractivity contribution in [1.82, 2.24) is 10.6 Å². The number of rotatable bonds is 7. The van der Waals surface area contributed by atoms with E-state index < -0.39 is 29.8 Å². The zero-order valence-electron chi connectivity index (χ0n) is 15.1. The van der Waals surface area contributed by atoms with Gasteiger partial charge in [-0.25, -0.2) is 18.8 Å². The van der Waals surface area contributed by atoms with Crippen LogP contribution < -0.4 is 10.6 Å². The summed E-state index contributed by atoms with van der Waals surface area (Å²) in [5.41, 5.74) is 0.614. The van der Waals surface area contributed by atoms with E-state index in [9.17, 15) is 18.8 Å². The Bertz CT molecular complexity index is 788. The number of esters is 2. The van der Waals surface area contributed by atoms with Gasteiger partial charge in [0.2, 0.25) is 0 Å². The summed E-state index contributed by atoms with van der Waals surface area (Å²) in [5, 5.41) is 5.10. The van der Waals surface area contributed by atoms with Crippen molar-refractivity contribution < 1.29 is 28.2 Å². The monoisotopic (exact) mass is 376 g/mol. The molecule has 0 unspecified atom stereocenters. The minimum atomic E-state index is -0.741. The Hall–Kier alpha value is -3.16. The van der Waals surface area contributed by atoms with E-state index in [1.165, 1.54) is 18.2 Å². The number of carbonyl (C=O) groups is 3. The van der Waals surface area contributed by atoms with Gasteiger partial charge in [0, 0.05) is 11.6 Å². The van der Waals surface area contributed by atoms with Gasteiger partial charge in [0.25, 0.3) is 0 Å². The Balaban J connectivity index is 2.11. The van der Waals surface area contributed by atoms with Crippen molar-refractivity contribution in [2.24, 2.45) is 0 Å². The maximum atomic E-state index is 13.5. The molecule has 0 saturated heterocycles. The summed E-state index contributed by atoms with van der Waals surface area (Å²) in [7, 11) is 0. The third kappa shape index (κ3) is 5.40. The topological polar surface area (TPSA) is 93.7 Å². The first-order valence-electron chi connectivity index (χ1n) is 8.53. The van der Waals surface area contributed by atoms with Gasteiger partial charge in [-0.15, -0.1) is 0 Å². The van der Waals surface area contributed by atoms with Crippen LogP contribution in [0.5, 0.6) is 0 Å². The number of amides is 2. The fourth-order valence-corrected chi connectivity index (χ4v) is 2.54. The third-order valence-corrected chi connectivity index (χ3v) is 3.81. The molecule has 1 atom stereocenters. The highest BCUT2D eigenvalue weighted by molar-refractivity contribution is 5.95. The molecular formula is C19H21FN2O5. The van der Waals surface area contributed by atoms with Gasteiger partial charge in [-0.3, -0.25) is 0 Å². The number of ether oxygens (including phenoxy) is 2. The zero-order valence-corrected chi connectivity index (χ0v) is 15.1. The number of halogens is 1. The first kappa shape index (κ1) is 20.2. The van der Waals surface area contributed by atoms with Crippen molar-refractivity contribution in [3.63, 3.8) is 0 Å². The molecule has 0 saturated carbocycles. The predicted molar refractivity (Wildman–Crippen MR) is 95.8 cm³/mol. The second-order valence-corrected chi connectivity index (χ2v) is 5.63. The Morgan fingerprint density at radius 3 is 2.63 bits per heavy atom. The molecule has 8 heteroatoms. The fourth-order valence-electron chi connectivity index (χ4n) is 2.54. The molecule has 0 aromatic heterocycles. The van der Waals surface area contributed by atoms with Crippen LogP contribution >= 0.6 is 0 Å². The Kier molecular flexibility index (Phi) is 7.10. The molecule has 1 heterocycles. The van der Waals surface area contributed by atoms with Crippen molar-refractivity contribution >= 4 is 24.0 Å². The van der Waals surface area contributed by atoms with Crippen LogP contribution in [0.25, 0.3) is 6.08 Å². The molecule has 2 amide bonds. The van der Waals surface area contributed by atoms with Gasteiger partial charge in [-0.1, -0.05) is 25.1 Å². The average molecular weight is 376 g/mol. The molecule has 7 nitrogen and oxygen atoms in total. The molecule has 1 aliphatic heterocycles. The largest absolute Gasteiger partial charge is 0.463 e. The summed E-state index contributed by atoms with van der Waals surface area (Å²) < 4.78 is 23.6. The molecule has 2 N–H and O–H groups in total. The van der Waals surface area contributed by atoms with Crippen molar-refractivity contribution in [1.29, 1.82) is 0 Å². The Labute approximate surface area is 156 Å². The van der Waals surface area contributed by atoms with Crippen molar-refractivity contribution in [3.05, 3.63) is 53.0 Å². The normalized spacial score (nSPS) is 16.7. The van der Waals surface area contributed by atoms with Gasteiger partial charge >= 0.3 is 18.0 Å². The molecule has 2 rings (SSSR count). The highest BCUT2D eigenvalue weighted by Gasteiger charge is 2.31. The van der Waals surface area contributed by atoms with Gasteiger partial charge in [-0.2, -0.15) is 0 Å². The lowest BCUT2D eigenvalue weighted by Gasteiger charge is -2.28. The molecule has 0 aliphatic carbocycles. The maximum absolute atomic E-state index is 13.5. The summed E-state index contributed by atoms with van der Waals surface area (Å²) >= 11 is 0. The van der Waals surface area contributed by atoms with E-state index in [2.05, 4.69) is 10.6 Å². The van der Waals surface area contributed by atoms with E-state index in [4.69, 9.17) is 9.47 Å². The Morgan fingerprint density at radius 1 is 1.22 bits per heavy atom. The maximum Gasteiger partial charge on any atom is 0.338 e. The standard InChI is InChI=1S/C19H21FN2O5/c1-3-14-17(18(24)26-4-2)15(22-19(25)21-14)11-27-16(23)10-9-12-7-5-6-8-13(12)20/h5-10,14H,3-4,11H2,1-2H3,(H2,21,22,25)/b10-9+/t14-/m0/s1. The van der Waals surface area contributed by atoms with Crippen LogP contribution in [-0.2, 0) is 19.1 Å². The highest BCUT2D eigenvalue weighted by atomic mass is 19.1. The van der Waals surface area contributed by atoms with Crippen LogP contribution in [0.2, 0.25) is 0 Å². The van der Waals surface area contributed by atoms with Gasteiger partial charge in [-0.05, 0) is 25.5 Å². The first-order valence-corrected chi connectivity index (χ1v) is 8.53. The van der Waals surface area contributed by atoms with Gasteiger partial charge in [0.1, 0.15) is 12.4 Å². The van der Waals surface area contributed by atoms with E-state index in [0.29, 0.717) is 6.42 Å². The highest BCUT2D eigenvalue weighted by Crippen LogP contribution is 2.17. The number of hydrogen-bond donors (Lipinski definition) is 2. The second kappa shape index (κ2) is 9.51. The summed E-state index contributed by atoms with van der Waals surface area (Å²) in [6.07, 6.45) is 2.82. The van der Waals surface area contributed by atoms with E-state index in [-0.39, 0.29) is 30.0 Å². The number of urea groups is 1. The average Bonchev–Trinajstić information content (AvgIpc) is 2.65. The molecule has 0 fully saturated rings. The number of carbonyl (C=O) groups excluding carboxylic acids is 3. The molecule has 1 aliphatic rings. The summed E-state index contributed by atoms with van der Waals surface area (Å²) in [5.74, 6) is -1.80. The number of nitrogens with one attached hydrogen (secondary N) is 2. The Morgan fingerprint density at radius 2 is 1.96 bits per heavy atom. The molecular weight excluding hydrogens is 355 g/mol. The smallest absolute Gasteiger partial charge is 0.338 e. The number of benzene rings is 1. The van der Waals surface area contributed by atoms with E-state index in [1.54, 1.807) is 26.0 Å². The van der Waals surface area contributed by atoms with E-state index in [0.717, 1.165) is 6.08 Å². The quantitative estimate of drug-likeness (QED) is 0.563. The molecule has 1 aromatic carbocycles. The molecule has 144 valence electrons. The molecule has 0 radical (unpaired) electrons. The van der Waals surface area contributed by atoms with Gasteiger partial charge in [0.15, 0.2) is 0 Å². The summed E-state index contributed by atoms with van der Waals surface area (Å²) in [4.78, 5) is 35.9.